The first-order chi connectivity index (χ1) is 14.1. The fourth-order valence-corrected chi connectivity index (χ4v) is 4.48. The number of piperidine rings is 1. The molecule has 1 aliphatic rings. The number of nitrogens with zero attached hydrogens (tertiary/aromatic N) is 4. The highest BCUT2D eigenvalue weighted by Gasteiger charge is 2.25. The Morgan fingerprint density at radius 1 is 1.00 bits per heavy atom. The summed E-state index contributed by atoms with van der Waals surface area (Å²) >= 11 is 0. The van der Waals surface area contributed by atoms with Gasteiger partial charge in [-0.1, -0.05) is 61.0 Å². The van der Waals surface area contributed by atoms with Crippen molar-refractivity contribution < 1.29 is 0 Å². The zero-order chi connectivity index (χ0) is 20.2. The van der Waals surface area contributed by atoms with Crippen molar-refractivity contribution in [3.63, 3.8) is 0 Å². The molecular formula is C25H32N4. The van der Waals surface area contributed by atoms with Gasteiger partial charge in [-0.25, -0.2) is 0 Å². The Balaban J connectivity index is 1.56. The van der Waals surface area contributed by atoms with Gasteiger partial charge in [-0.3, -0.25) is 9.58 Å². The van der Waals surface area contributed by atoms with Crippen molar-refractivity contribution in [2.75, 3.05) is 20.6 Å². The van der Waals surface area contributed by atoms with Gasteiger partial charge < -0.3 is 4.90 Å². The highest BCUT2D eigenvalue weighted by atomic mass is 15.3. The van der Waals surface area contributed by atoms with E-state index in [4.69, 9.17) is 5.10 Å². The first-order valence-electron chi connectivity index (χ1n) is 10.7. The summed E-state index contributed by atoms with van der Waals surface area (Å²) in [7, 11) is 6.26. The maximum Gasteiger partial charge on any atom is 0.0968 e. The Kier molecular flexibility index (Phi) is 6.12. The molecule has 0 amide bonds. The Hall–Kier alpha value is -2.43. The second-order valence-corrected chi connectivity index (χ2v) is 8.50. The lowest BCUT2D eigenvalue weighted by Gasteiger charge is -2.36. The number of rotatable bonds is 6. The zero-order valence-corrected chi connectivity index (χ0v) is 17.9. The van der Waals surface area contributed by atoms with E-state index >= 15 is 0 Å². The van der Waals surface area contributed by atoms with Crippen molar-refractivity contribution >= 4 is 0 Å². The lowest BCUT2D eigenvalue weighted by atomic mass is 9.93. The van der Waals surface area contributed by atoms with E-state index in [9.17, 15) is 0 Å². The molecule has 0 N–H and O–H groups in total. The van der Waals surface area contributed by atoms with Gasteiger partial charge in [0.05, 0.1) is 5.69 Å². The van der Waals surface area contributed by atoms with Crippen LogP contribution in [0.2, 0.25) is 0 Å². The smallest absolute Gasteiger partial charge is 0.0968 e. The second kappa shape index (κ2) is 8.93. The highest BCUT2D eigenvalue weighted by molar-refractivity contribution is 5.62. The van der Waals surface area contributed by atoms with Gasteiger partial charge in [-0.05, 0) is 44.6 Å². The molecule has 1 unspecified atom stereocenters. The van der Waals surface area contributed by atoms with Gasteiger partial charge >= 0.3 is 0 Å². The van der Waals surface area contributed by atoms with Gasteiger partial charge in [-0.2, -0.15) is 5.10 Å². The summed E-state index contributed by atoms with van der Waals surface area (Å²) in [5.74, 6) is 0. The van der Waals surface area contributed by atoms with Crippen molar-refractivity contribution in [1.82, 2.24) is 19.6 Å². The van der Waals surface area contributed by atoms with E-state index in [1.165, 1.54) is 41.5 Å². The molecule has 2 heterocycles. The van der Waals surface area contributed by atoms with Crippen LogP contribution in [0.25, 0.3) is 11.3 Å². The SMILES string of the molecule is CN(C)Cc1ccc(C2CCCCN2Cc2cn(C)nc2-c2ccccc2)cc1. The molecular weight excluding hydrogens is 356 g/mol. The van der Waals surface area contributed by atoms with Crippen LogP contribution in [0, 0.1) is 0 Å². The third-order valence-electron chi connectivity index (χ3n) is 5.80. The van der Waals surface area contributed by atoms with Gasteiger partial charge in [0, 0.05) is 43.5 Å². The number of hydrogen-bond acceptors (Lipinski definition) is 3. The van der Waals surface area contributed by atoms with E-state index in [-0.39, 0.29) is 0 Å². The van der Waals surface area contributed by atoms with Gasteiger partial charge in [-0.15, -0.1) is 0 Å². The van der Waals surface area contributed by atoms with E-state index in [0.717, 1.165) is 25.3 Å². The number of aromatic nitrogens is 2. The van der Waals surface area contributed by atoms with Crippen LogP contribution >= 0.6 is 0 Å². The molecule has 3 aromatic rings. The summed E-state index contributed by atoms with van der Waals surface area (Å²) in [5.41, 5.74) is 6.44. The quantitative estimate of drug-likeness (QED) is 0.602. The summed E-state index contributed by atoms with van der Waals surface area (Å²) in [6, 6.07) is 20.3. The molecule has 1 aliphatic heterocycles. The lowest BCUT2D eigenvalue weighted by molar-refractivity contribution is 0.140. The van der Waals surface area contributed by atoms with Crippen molar-refractivity contribution in [3.05, 3.63) is 77.5 Å². The van der Waals surface area contributed by atoms with Gasteiger partial charge in [0.25, 0.3) is 0 Å². The van der Waals surface area contributed by atoms with Crippen LogP contribution in [-0.2, 0) is 20.1 Å². The standard InChI is InChI=1S/C25H32N4/c1-27(2)17-20-12-14-21(15-13-20)24-11-7-8-16-29(24)19-23-18-28(3)26-25(23)22-9-5-4-6-10-22/h4-6,9-10,12-15,18,24H,7-8,11,16-17,19H2,1-3H3. The Morgan fingerprint density at radius 3 is 2.48 bits per heavy atom. The topological polar surface area (TPSA) is 24.3 Å². The van der Waals surface area contributed by atoms with E-state index in [1.54, 1.807) is 0 Å². The molecule has 1 fully saturated rings. The molecule has 152 valence electrons. The molecule has 1 atom stereocenters. The fraction of sp³-hybridized carbons (Fsp3) is 0.400. The van der Waals surface area contributed by atoms with E-state index in [1.807, 2.05) is 11.7 Å². The molecule has 1 aromatic heterocycles. The number of hydrogen-bond donors (Lipinski definition) is 0. The third-order valence-corrected chi connectivity index (χ3v) is 5.80. The summed E-state index contributed by atoms with van der Waals surface area (Å²) in [6.07, 6.45) is 6.00. The fourth-order valence-electron chi connectivity index (χ4n) is 4.48. The normalized spacial score (nSPS) is 17.7. The Labute approximate surface area is 174 Å². The predicted molar refractivity (Wildman–Crippen MR) is 119 cm³/mol. The minimum absolute atomic E-state index is 0.487. The minimum Gasteiger partial charge on any atom is -0.305 e. The summed E-state index contributed by atoms with van der Waals surface area (Å²) in [4.78, 5) is 4.86. The molecule has 4 heteroatoms. The Morgan fingerprint density at radius 2 is 1.76 bits per heavy atom. The number of likely N-dealkylation sites (tertiary alicyclic amines) is 1. The molecule has 4 nitrogen and oxygen atoms in total. The summed E-state index contributed by atoms with van der Waals surface area (Å²) in [6.45, 7) is 3.08. The maximum absolute atomic E-state index is 4.77. The van der Waals surface area contributed by atoms with Crippen molar-refractivity contribution in [1.29, 1.82) is 0 Å². The molecule has 1 saturated heterocycles. The van der Waals surface area contributed by atoms with Crippen LogP contribution in [0.1, 0.15) is 42.0 Å². The van der Waals surface area contributed by atoms with Gasteiger partial charge in [0.2, 0.25) is 0 Å². The molecule has 0 radical (unpaired) electrons. The molecule has 29 heavy (non-hydrogen) atoms. The first-order valence-corrected chi connectivity index (χ1v) is 10.7. The maximum atomic E-state index is 4.77. The largest absolute Gasteiger partial charge is 0.305 e. The average Bonchev–Trinajstić information content (AvgIpc) is 3.09. The van der Waals surface area contributed by atoms with E-state index < -0.39 is 0 Å². The first kappa shape index (κ1) is 19.9. The highest BCUT2D eigenvalue weighted by Crippen LogP contribution is 2.34. The van der Waals surface area contributed by atoms with Crippen LogP contribution < -0.4 is 0 Å². The summed E-state index contributed by atoms with van der Waals surface area (Å²) in [5, 5.41) is 4.77. The predicted octanol–water partition coefficient (Wildman–Crippen LogP) is 4.88. The van der Waals surface area contributed by atoms with Crippen molar-refractivity contribution in [2.24, 2.45) is 7.05 Å². The number of aryl methyl sites for hydroxylation is 1. The zero-order valence-electron chi connectivity index (χ0n) is 17.9. The van der Waals surface area contributed by atoms with Gasteiger partial charge in [0.1, 0.15) is 0 Å². The van der Waals surface area contributed by atoms with E-state index in [2.05, 4.69) is 84.7 Å². The van der Waals surface area contributed by atoms with Crippen LogP contribution in [0.15, 0.2) is 60.8 Å². The molecule has 4 rings (SSSR count). The van der Waals surface area contributed by atoms with Gasteiger partial charge in [0.15, 0.2) is 0 Å². The van der Waals surface area contributed by atoms with Crippen LogP contribution in [0.4, 0.5) is 0 Å². The monoisotopic (exact) mass is 388 g/mol. The van der Waals surface area contributed by atoms with Crippen LogP contribution in [0.5, 0.6) is 0 Å². The van der Waals surface area contributed by atoms with Crippen LogP contribution in [-0.4, -0.2) is 40.2 Å². The molecule has 0 aliphatic carbocycles. The second-order valence-electron chi connectivity index (χ2n) is 8.50. The molecule has 0 bridgehead atoms. The lowest BCUT2D eigenvalue weighted by Crippen LogP contribution is -2.33. The average molecular weight is 389 g/mol. The minimum atomic E-state index is 0.487. The van der Waals surface area contributed by atoms with Crippen molar-refractivity contribution in [2.45, 2.75) is 38.4 Å². The molecule has 0 saturated carbocycles. The van der Waals surface area contributed by atoms with Crippen LogP contribution in [0.3, 0.4) is 0 Å². The third kappa shape index (κ3) is 4.77. The Bertz CT molecular complexity index is 912. The molecule has 0 spiro atoms. The molecule has 2 aromatic carbocycles. The van der Waals surface area contributed by atoms with Crippen molar-refractivity contribution in [3.8, 4) is 11.3 Å². The summed E-state index contributed by atoms with van der Waals surface area (Å²) < 4.78 is 1.95. The number of benzene rings is 2. The van der Waals surface area contributed by atoms with E-state index in [0.29, 0.717) is 6.04 Å².